The molecule has 1 aromatic rings. The molecule has 0 spiro atoms. The van der Waals surface area contributed by atoms with Gasteiger partial charge in [-0.3, -0.25) is 0 Å². The lowest BCUT2D eigenvalue weighted by Gasteiger charge is -2.24. The molecular weight excluding hydrogens is 260 g/mol. The molecule has 1 aliphatic heterocycles. The van der Waals surface area contributed by atoms with Crippen LogP contribution in [-0.2, 0) is 9.53 Å². The quantitative estimate of drug-likeness (QED) is 0.774. The van der Waals surface area contributed by atoms with Crippen LogP contribution in [0.3, 0.4) is 0 Å². The molecule has 0 bridgehead atoms. The Morgan fingerprint density at radius 1 is 1.20 bits per heavy atom. The van der Waals surface area contributed by atoms with E-state index in [1.54, 1.807) is 30.3 Å². The highest BCUT2D eigenvalue weighted by Crippen LogP contribution is 2.13. The first kappa shape index (κ1) is 14.3. The Morgan fingerprint density at radius 2 is 1.85 bits per heavy atom. The number of rotatable bonds is 4. The topological polar surface area (TPSA) is 87.7 Å². The number of nitrogens with one attached hydrogen (secondary N) is 2. The van der Waals surface area contributed by atoms with Crippen molar-refractivity contribution in [2.75, 3.05) is 13.2 Å². The average molecular weight is 278 g/mol. The Labute approximate surface area is 117 Å². The van der Waals surface area contributed by atoms with Gasteiger partial charge in [-0.15, -0.1) is 0 Å². The summed E-state index contributed by atoms with van der Waals surface area (Å²) in [4.78, 5) is 23.1. The smallest absolute Gasteiger partial charge is 0.330 e. The minimum Gasteiger partial charge on any atom is -0.479 e. The summed E-state index contributed by atoms with van der Waals surface area (Å²) in [6.07, 6.45) is 1.49. The molecule has 20 heavy (non-hydrogen) atoms. The van der Waals surface area contributed by atoms with Gasteiger partial charge in [-0.25, -0.2) is 9.59 Å². The van der Waals surface area contributed by atoms with Crippen molar-refractivity contribution in [3.05, 3.63) is 35.9 Å². The molecule has 1 atom stereocenters. The first-order chi connectivity index (χ1) is 9.66. The van der Waals surface area contributed by atoms with Crippen LogP contribution in [0.2, 0.25) is 0 Å². The van der Waals surface area contributed by atoms with Crippen molar-refractivity contribution in [2.24, 2.45) is 0 Å². The van der Waals surface area contributed by atoms with Gasteiger partial charge in [0, 0.05) is 19.3 Å². The van der Waals surface area contributed by atoms with Gasteiger partial charge in [0.2, 0.25) is 0 Å². The van der Waals surface area contributed by atoms with E-state index < -0.39 is 18.0 Å². The highest BCUT2D eigenvalue weighted by atomic mass is 16.5. The van der Waals surface area contributed by atoms with Gasteiger partial charge < -0.3 is 20.5 Å². The Hall–Kier alpha value is -2.08. The van der Waals surface area contributed by atoms with E-state index in [1.165, 1.54) is 0 Å². The van der Waals surface area contributed by atoms with Crippen LogP contribution in [0.25, 0.3) is 0 Å². The Bertz CT molecular complexity index is 458. The number of benzene rings is 1. The number of carbonyl (C=O) groups is 2. The van der Waals surface area contributed by atoms with Gasteiger partial charge in [0.05, 0.1) is 0 Å². The highest BCUT2D eigenvalue weighted by Gasteiger charge is 2.23. The normalized spacial score (nSPS) is 17.2. The van der Waals surface area contributed by atoms with E-state index in [-0.39, 0.29) is 6.04 Å². The maximum Gasteiger partial charge on any atom is 0.330 e. The van der Waals surface area contributed by atoms with Crippen molar-refractivity contribution < 1.29 is 19.4 Å². The zero-order valence-corrected chi connectivity index (χ0v) is 11.0. The summed E-state index contributed by atoms with van der Waals surface area (Å²) < 4.78 is 5.20. The third-order valence-corrected chi connectivity index (χ3v) is 3.21. The van der Waals surface area contributed by atoms with Crippen LogP contribution >= 0.6 is 0 Å². The molecule has 0 saturated carbocycles. The van der Waals surface area contributed by atoms with Gasteiger partial charge in [-0.05, 0) is 18.4 Å². The fourth-order valence-corrected chi connectivity index (χ4v) is 2.13. The maximum atomic E-state index is 11.9. The molecule has 6 heteroatoms. The molecule has 0 radical (unpaired) electrons. The van der Waals surface area contributed by atoms with Gasteiger partial charge in [-0.1, -0.05) is 30.3 Å². The average Bonchev–Trinajstić information content (AvgIpc) is 2.46. The van der Waals surface area contributed by atoms with Crippen LogP contribution in [0.1, 0.15) is 24.4 Å². The molecule has 1 fully saturated rings. The second-order valence-electron chi connectivity index (χ2n) is 4.69. The molecule has 0 aliphatic carbocycles. The fraction of sp³-hybridized carbons (Fsp3) is 0.429. The molecule has 0 aromatic heterocycles. The van der Waals surface area contributed by atoms with Crippen LogP contribution in [0, 0.1) is 0 Å². The summed E-state index contributed by atoms with van der Waals surface area (Å²) in [5, 5.41) is 14.5. The fourth-order valence-electron chi connectivity index (χ4n) is 2.13. The minimum absolute atomic E-state index is 0.0361. The molecule has 1 aliphatic rings. The summed E-state index contributed by atoms with van der Waals surface area (Å²) in [7, 11) is 0. The van der Waals surface area contributed by atoms with Gasteiger partial charge in [0.25, 0.3) is 0 Å². The number of amides is 2. The van der Waals surface area contributed by atoms with Crippen LogP contribution < -0.4 is 10.6 Å². The van der Waals surface area contributed by atoms with Crippen LogP contribution in [-0.4, -0.2) is 36.4 Å². The molecule has 2 amide bonds. The standard InChI is InChI=1S/C14H18N2O4/c17-13(18)12(10-4-2-1-3-5-10)16-14(19)15-11-6-8-20-9-7-11/h1-5,11-12H,6-9H2,(H,17,18)(H2,15,16,19)/t12-/m0/s1. The number of urea groups is 1. The van der Waals surface area contributed by atoms with Gasteiger partial charge in [0.15, 0.2) is 6.04 Å². The van der Waals surface area contributed by atoms with E-state index in [4.69, 9.17) is 4.74 Å². The summed E-state index contributed by atoms with van der Waals surface area (Å²) in [5.41, 5.74) is 0.544. The molecule has 1 heterocycles. The van der Waals surface area contributed by atoms with Crippen molar-refractivity contribution in [3.8, 4) is 0 Å². The molecule has 1 saturated heterocycles. The van der Waals surface area contributed by atoms with E-state index in [9.17, 15) is 14.7 Å². The molecule has 2 rings (SSSR count). The van der Waals surface area contributed by atoms with Crippen molar-refractivity contribution in [1.29, 1.82) is 0 Å². The van der Waals surface area contributed by atoms with Crippen LogP contribution in [0.5, 0.6) is 0 Å². The Balaban J connectivity index is 1.94. The number of carboxylic acids is 1. The summed E-state index contributed by atoms with van der Waals surface area (Å²) >= 11 is 0. The van der Waals surface area contributed by atoms with E-state index >= 15 is 0 Å². The van der Waals surface area contributed by atoms with E-state index in [2.05, 4.69) is 10.6 Å². The van der Waals surface area contributed by atoms with Gasteiger partial charge in [-0.2, -0.15) is 0 Å². The largest absolute Gasteiger partial charge is 0.479 e. The minimum atomic E-state index is -1.08. The summed E-state index contributed by atoms with van der Waals surface area (Å²) in [6.45, 7) is 1.23. The van der Waals surface area contributed by atoms with Crippen LogP contribution in [0.15, 0.2) is 30.3 Å². The van der Waals surface area contributed by atoms with E-state index in [0.717, 1.165) is 12.8 Å². The lowest BCUT2D eigenvalue weighted by Crippen LogP contribution is -2.46. The SMILES string of the molecule is O=C(NC1CCOCC1)N[C@H](C(=O)O)c1ccccc1. The third-order valence-electron chi connectivity index (χ3n) is 3.21. The van der Waals surface area contributed by atoms with Gasteiger partial charge in [0.1, 0.15) is 0 Å². The number of hydrogen-bond donors (Lipinski definition) is 3. The van der Waals surface area contributed by atoms with Crippen molar-refractivity contribution in [1.82, 2.24) is 10.6 Å². The zero-order valence-electron chi connectivity index (χ0n) is 11.0. The second kappa shape index (κ2) is 6.91. The molecular formula is C14H18N2O4. The van der Waals surface area contributed by atoms with E-state index in [0.29, 0.717) is 18.8 Å². The first-order valence-corrected chi connectivity index (χ1v) is 6.59. The van der Waals surface area contributed by atoms with Crippen molar-refractivity contribution >= 4 is 12.0 Å². The molecule has 3 N–H and O–H groups in total. The summed E-state index contributed by atoms with van der Waals surface area (Å²) in [6, 6.07) is 7.15. The number of aliphatic carboxylic acids is 1. The first-order valence-electron chi connectivity index (χ1n) is 6.59. The second-order valence-corrected chi connectivity index (χ2v) is 4.69. The molecule has 6 nitrogen and oxygen atoms in total. The maximum absolute atomic E-state index is 11.9. The molecule has 1 aromatic carbocycles. The molecule has 108 valence electrons. The number of carbonyl (C=O) groups excluding carboxylic acids is 1. The van der Waals surface area contributed by atoms with Gasteiger partial charge >= 0.3 is 12.0 Å². The van der Waals surface area contributed by atoms with E-state index in [1.807, 2.05) is 0 Å². The summed E-state index contributed by atoms with van der Waals surface area (Å²) in [5.74, 6) is -1.08. The number of carboxylic acid groups (broad SMARTS) is 1. The lowest BCUT2D eigenvalue weighted by atomic mass is 10.1. The number of ether oxygens (including phenoxy) is 1. The van der Waals surface area contributed by atoms with Crippen LogP contribution in [0.4, 0.5) is 4.79 Å². The predicted octanol–water partition coefficient (Wildman–Crippen LogP) is 1.29. The third kappa shape index (κ3) is 3.96. The Morgan fingerprint density at radius 3 is 2.45 bits per heavy atom. The number of hydrogen-bond acceptors (Lipinski definition) is 3. The zero-order chi connectivity index (χ0) is 14.4. The van der Waals surface area contributed by atoms with Crippen molar-refractivity contribution in [3.63, 3.8) is 0 Å². The van der Waals surface area contributed by atoms with Crippen molar-refractivity contribution in [2.45, 2.75) is 24.9 Å². The Kier molecular flexibility index (Phi) is 4.95. The predicted molar refractivity (Wildman–Crippen MR) is 72.3 cm³/mol. The monoisotopic (exact) mass is 278 g/mol. The molecule has 0 unspecified atom stereocenters. The lowest BCUT2D eigenvalue weighted by molar-refractivity contribution is -0.139. The highest BCUT2D eigenvalue weighted by molar-refractivity contribution is 5.83.